The largest absolute Gasteiger partial charge is 0.460 e. The standard InChI is InChI=1S/C11H12F13NO3/c1-2-25(26)3-4-27-28-5-6(12,13)7(14,15)8(16,17)9(18,19)10(20,21)11(22,23)24/h26H,2-5H2,1H3. The SMILES string of the molecule is CCN(O)CCOOCC(F)(F)C(F)(F)C(F)(F)C(F)(F)C(F)(F)C(F)(F)F. The quantitative estimate of drug-likeness (QED) is 0.218. The van der Waals surface area contributed by atoms with Crippen LogP contribution in [0.2, 0.25) is 0 Å². The monoisotopic (exact) mass is 453 g/mol. The van der Waals surface area contributed by atoms with Gasteiger partial charge in [-0.05, 0) is 0 Å². The Kier molecular flexibility index (Phi) is 8.03. The molecule has 0 unspecified atom stereocenters. The Bertz CT molecular complexity index is 508. The fourth-order valence-corrected chi connectivity index (χ4v) is 1.37. The number of hydrogen-bond acceptors (Lipinski definition) is 4. The smallest absolute Gasteiger partial charge is 0.314 e. The number of nitrogens with zero attached hydrogens (tertiary/aromatic N) is 1. The van der Waals surface area contributed by atoms with E-state index in [-0.39, 0.29) is 6.54 Å². The van der Waals surface area contributed by atoms with Crippen LogP contribution in [0, 0.1) is 0 Å². The minimum atomic E-state index is -7.95. The molecule has 28 heavy (non-hydrogen) atoms. The zero-order chi connectivity index (χ0) is 22.8. The molecular formula is C11H12F13NO3. The Morgan fingerprint density at radius 3 is 1.50 bits per heavy atom. The summed E-state index contributed by atoms with van der Waals surface area (Å²) in [5, 5.41) is 9.34. The molecule has 0 aliphatic carbocycles. The zero-order valence-electron chi connectivity index (χ0n) is 13.5. The van der Waals surface area contributed by atoms with Crippen molar-refractivity contribution in [2.45, 2.75) is 42.7 Å². The van der Waals surface area contributed by atoms with Gasteiger partial charge in [0.2, 0.25) is 0 Å². The van der Waals surface area contributed by atoms with E-state index in [1.54, 1.807) is 0 Å². The molecule has 4 nitrogen and oxygen atoms in total. The van der Waals surface area contributed by atoms with Crippen molar-refractivity contribution < 1.29 is 72.1 Å². The first-order chi connectivity index (χ1) is 12.2. The highest BCUT2D eigenvalue weighted by atomic mass is 19.4. The van der Waals surface area contributed by atoms with Crippen LogP contribution >= 0.6 is 0 Å². The van der Waals surface area contributed by atoms with E-state index in [0.29, 0.717) is 5.06 Å². The van der Waals surface area contributed by atoms with E-state index in [2.05, 4.69) is 9.78 Å². The molecule has 0 amide bonds. The number of halogens is 13. The van der Waals surface area contributed by atoms with Crippen LogP contribution in [0.3, 0.4) is 0 Å². The summed E-state index contributed by atoms with van der Waals surface area (Å²) in [5.74, 6) is -37.4. The first-order valence-electron chi connectivity index (χ1n) is 6.84. The molecule has 0 spiro atoms. The maximum absolute atomic E-state index is 13.2. The molecule has 0 rings (SSSR count). The molecule has 0 bridgehead atoms. The van der Waals surface area contributed by atoms with Crippen LogP contribution in [0.25, 0.3) is 0 Å². The molecule has 0 fully saturated rings. The van der Waals surface area contributed by atoms with E-state index in [9.17, 15) is 57.1 Å². The van der Waals surface area contributed by atoms with Crippen LogP contribution in [-0.2, 0) is 9.78 Å². The fraction of sp³-hybridized carbons (Fsp3) is 1.00. The van der Waals surface area contributed by atoms with Gasteiger partial charge in [0.05, 0.1) is 13.2 Å². The van der Waals surface area contributed by atoms with Gasteiger partial charge < -0.3 is 5.21 Å². The van der Waals surface area contributed by atoms with Crippen LogP contribution < -0.4 is 0 Å². The number of hydrogen-bond donors (Lipinski definition) is 1. The van der Waals surface area contributed by atoms with Crippen LogP contribution in [0.1, 0.15) is 6.92 Å². The molecule has 0 aliphatic rings. The predicted octanol–water partition coefficient (Wildman–Crippen LogP) is 4.38. The van der Waals surface area contributed by atoms with Crippen molar-refractivity contribution in [2.75, 3.05) is 26.3 Å². The van der Waals surface area contributed by atoms with Gasteiger partial charge in [0, 0.05) is 6.54 Å². The van der Waals surface area contributed by atoms with Crippen LogP contribution in [0.5, 0.6) is 0 Å². The van der Waals surface area contributed by atoms with E-state index >= 15 is 0 Å². The molecule has 0 aromatic rings. The number of alkyl halides is 13. The van der Waals surface area contributed by atoms with Gasteiger partial charge in [-0.25, -0.2) is 9.78 Å². The normalized spacial score (nSPS) is 15.4. The summed E-state index contributed by atoms with van der Waals surface area (Å²) >= 11 is 0. The van der Waals surface area contributed by atoms with Crippen LogP contribution in [-0.4, -0.2) is 72.4 Å². The topological polar surface area (TPSA) is 41.9 Å². The lowest BCUT2D eigenvalue weighted by atomic mass is 9.94. The third-order valence-electron chi connectivity index (χ3n) is 3.12. The number of hydroxylamine groups is 2. The van der Waals surface area contributed by atoms with Crippen molar-refractivity contribution >= 4 is 0 Å². The lowest BCUT2D eigenvalue weighted by molar-refractivity contribution is -0.448. The Hall–Kier alpha value is -1.07. The summed E-state index contributed by atoms with van der Waals surface area (Å²) in [5.41, 5.74) is 0. The van der Waals surface area contributed by atoms with Gasteiger partial charge in [0.15, 0.2) is 6.61 Å². The first kappa shape index (κ1) is 26.9. The van der Waals surface area contributed by atoms with E-state index in [4.69, 9.17) is 5.21 Å². The van der Waals surface area contributed by atoms with Crippen molar-refractivity contribution in [1.29, 1.82) is 0 Å². The van der Waals surface area contributed by atoms with Gasteiger partial charge in [0.1, 0.15) is 0 Å². The lowest BCUT2D eigenvalue weighted by Gasteiger charge is -2.39. The van der Waals surface area contributed by atoms with Crippen LogP contribution in [0.4, 0.5) is 57.1 Å². The maximum Gasteiger partial charge on any atom is 0.460 e. The highest BCUT2D eigenvalue weighted by Crippen LogP contribution is 2.60. The molecule has 0 saturated heterocycles. The molecule has 170 valence electrons. The second kappa shape index (κ2) is 8.35. The van der Waals surface area contributed by atoms with E-state index in [0.717, 1.165) is 0 Å². The Labute approximate surface area is 147 Å². The molecule has 0 aliphatic heterocycles. The van der Waals surface area contributed by atoms with Gasteiger partial charge in [0.25, 0.3) is 0 Å². The van der Waals surface area contributed by atoms with Gasteiger partial charge in [-0.2, -0.15) is 62.1 Å². The Morgan fingerprint density at radius 2 is 1.11 bits per heavy atom. The van der Waals surface area contributed by atoms with Crippen molar-refractivity contribution in [3.05, 3.63) is 0 Å². The summed E-state index contributed by atoms with van der Waals surface area (Å²) in [6.07, 6.45) is -7.46. The Balaban J connectivity index is 5.46. The molecule has 17 heteroatoms. The summed E-state index contributed by atoms with van der Waals surface area (Å²) in [6.45, 7) is -2.88. The lowest BCUT2D eigenvalue weighted by Crippen LogP contribution is -2.70. The maximum atomic E-state index is 13.2. The zero-order valence-corrected chi connectivity index (χ0v) is 13.5. The average molecular weight is 453 g/mol. The second-order valence-electron chi connectivity index (χ2n) is 5.13. The van der Waals surface area contributed by atoms with Crippen molar-refractivity contribution in [3.8, 4) is 0 Å². The molecule has 0 aromatic heterocycles. The van der Waals surface area contributed by atoms with Gasteiger partial charge in [-0.15, -0.1) is 0 Å². The molecule has 0 atom stereocenters. The highest BCUT2D eigenvalue weighted by molar-refractivity contribution is 5.10. The molecule has 0 aromatic carbocycles. The second-order valence-corrected chi connectivity index (χ2v) is 5.13. The number of rotatable bonds is 11. The minimum absolute atomic E-state index is 0.0354. The van der Waals surface area contributed by atoms with Gasteiger partial charge in [-0.1, -0.05) is 6.92 Å². The fourth-order valence-electron chi connectivity index (χ4n) is 1.37. The Morgan fingerprint density at radius 1 is 0.679 bits per heavy atom. The molecule has 1 N–H and O–H groups in total. The summed E-state index contributed by atoms with van der Waals surface area (Å²) in [4.78, 5) is 7.17. The molecule has 0 radical (unpaired) electrons. The third kappa shape index (κ3) is 4.73. The predicted molar refractivity (Wildman–Crippen MR) is 61.7 cm³/mol. The molecule has 0 saturated carbocycles. The van der Waals surface area contributed by atoms with Crippen molar-refractivity contribution in [3.63, 3.8) is 0 Å². The highest BCUT2D eigenvalue weighted by Gasteiger charge is 2.90. The summed E-state index contributed by atoms with van der Waals surface area (Å²) < 4.78 is 166. The van der Waals surface area contributed by atoms with Gasteiger partial charge in [-0.3, -0.25) is 0 Å². The van der Waals surface area contributed by atoms with E-state index < -0.39 is 55.5 Å². The molecule has 0 heterocycles. The summed E-state index contributed by atoms with van der Waals surface area (Å²) in [7, 11) is 0. The number of likely N-dealkylation sites (N-methyl/N-ethyl adjacent to an activating group) is 1. The van der Waals surface area contributed by atoms with Crippen molar-refractivity contribution in [1.82, 2.24) is 5.06 Å². The molecular weight excluding hydrogens is 441 g/mol. The van der Waals surface area contributed by atoms with E-state index in [1.807, 2.05) is 0 Å². The average Bonchev–Trinajstić information content (AvgIpc) is 2.52. The van der Waals surface area contributed by atoms with Gasteiger partial charge >= 0.3 is 35.8 Å². The summed E-state index contributed by atoms with van der Waals surface area (Å²) in [6, 6.07) is 0. The van der Waals surface area contributed by atoms with Crippen molar-refractivity contribution in [2.24, 2.45) is 0 Å². The first-order valence-corrected chi connectivity index (χ1v) is 6.84. The minimum Gasteiger partial charge on any atom is -0.314 e. The third-order valence-corrected chi connectivity index (χ3v) is 3.12. The van der Waals surface area contributed by atoms with E-state index in [1.165, 1.54) is 6.92 Å². The van der Waals surface area contributed by atoms with Crippen LogP contribution in [0.15, 0.2) is 0 Å².